The lowest BCUT2D eigenvalue weighted by Crippen LogP contribution is -2.42. The lowest BCUT2D eigenvalue weighted by atomic mass is 10.1. The van der Waals surface area contributed by atoms with E-state index in [-0.39, 0.29) is 37.0 Å². The zero-order valence-electron chi connectivity index (χ0n) is 11.9. The molecule has 1 unspecified atom stereocenters. The summed E-state index contributed by atoms with van der Waals surface area (Å²) in [6, 6.07) is 5.02. The Hall–Kier alpha value is -0.390. The maximum absolute atomic E-state index is 9.76. The van der Waals surface area contributed by atoms with Crippen molar-refractivity contribution in [1.29, 1.82) is 0 Å². The van der Waals surface area contributed by atoms with Crippen LogP contribution in [0.1, 0.15) is 20.8 Å². The topological polar surface area (TPSA) is 67.5 Å². The van der Waals surface area contributed by atoms with E-state index >= 15 is 0 Å². The second-order valence-corrected chi connectivity index (χ2v) is 5.71. The van der Waals surface area contributed by atoms with Crippen LogP contribution >= 0.6 is 36.4 Å². The molecule has 1 atom stereocenters. The first kappa shape index (κ1) is 21.9. The van der Waals surface area contributed by atoms with Gasteiger partial charge in [-0.15, -0.1) is 24.8 Å². The Labute approximate surface area is 137 Å². The second-order valence-electron chi connectivity index (χ2n) is 5.28. The number of nitrogen functional groups attached to an aromatic ring is 1. The molecule has 0 saturated carbocycles. The monoisotopic (exact) mass is 344 g/mol. The summed E-state index contributed by atoms with van der Waals surface area (Å²) >= 11 is 5.78. The summed E-state index contributed by atoms with van der Waals surface area (Å²) in [6.07, 6.45) is -0.584. The van der Waals surface area contributed by atoms with E-state index in [2.05, 4.69) is 5.32 Å². The Kier molecular flexibility index (Phi) is 10.4. The van der Waals surface area contributed by atoms with Gasteiger partial charge in [0.15, 0.2) is 0 Å². The van der Waals surface area contributed by atoms with Crippen molar-refractivity contribution < 1.29 is 9.84 Å². The summed E-state index contributed by atoms with van der Waals surface area (Å²) in [7, 11) is 0. The molecule has 4 nitrogen and oxygen atoms in total. The summed E-state index contributed by atoms with van der Waals surface area (Å²) in [4.78, 5) is 0. The quantitative estimate of drug-likeness (QED) is 0.718. The Morgan fingerprint density at radius 2 is 1.95 bits per heavy atom. The highest BCUT2D eigenvalue weighted by Gasteiger charge is 2.13. The van der Waals surface area contributed by atoms with Crippen LogP contribution in [0.4, 0.5) is 5.69 Å². The average Bonchev–Trinajstić information content (AvgIpc) is 2.24. The average molecular weight is 346 g/mol. The number of rotatable bonds is 5. The predicted molar refractivity (Wildman–Crippen MR) is 89.6 cm³/mol. The smallest absolute Gasteiger partial charge is 0.142 e. The highest BCUT2D eigenvalue weighted by Crippen LogP contribution is 2.24. The van der Waals surface area contributed by atoms with Crippen molar-refractivity contribution >= 4 is 42.1 Å². The third kappa shape index (κ3) is 8.72. The fraction of sp³-hybridized carbons (Fsp3) is 0.538. The van der Waals surface area contributed by atoms with Crippen molar-refractivity contribution in [1.82, 2.24) is 5.32 Å². The fourth-order valence-corrected chi connectivity index (χ4v) is 1.50. The van der Waals surface area contributed by atoms with Crippen LogP contribution in [-0.4, -0.2) is 29.9 Å². The number of benzene rings is 1. The lowest BCUT2D eigenvalue weighted by molar-refractivity contribution is 0.100. The van der Waals surface area contributed by atoms with Gasteiger partial charge in [0.2, 0.25) is 0 Å². The number of aliphatic hydroxyl groups is 1. The van der Waals surface area contributed by atoms with Gasteiger partial charge in [0.1, 0.15) is 18.5 Å². The van der Waals surface area contributed by atoms with Crippen molar-refractivity contribution in [3.05, 3.63) is 23.2 Å². The van der Waals surface area contributed by atoms with Crippen LogP contribution in [-0.2, 0) is 0 Å². The van der Waals surface area contributed by atoms with E-state index in [0.29, 0.717) is 23.0 Å². The largest absolute Gasteiger partial charge is 0.489 e. The number of β-amino-alcohol motifs (C(OH)–C–C–N with tert-alkyl or cyclic N) is 1. The van der Waals surface area contributed by atoms with Gasteiger partial charge in [-0.1, -0.05) is 11.6 Å². The molecule has 4 N–H and O–H groups in total. The second kappa shape index (κ2) is 9.53. The number of anilines is 1. The molecular formula is C13H23Cl3N2O2. The maximum Gasteiger partial charge on any atom is 0.142 e. The standard InChI is InChI=1S/C13H21ClN2O2.2ClH/c1-13(2,3)16-7-10(17)8-18-12-5-4-9(14)6-11(12)15;;/h4-6,10,16-17H,7-8,15H2,1-3H3;2*1H. The SMILES string of the molecule is CC(C)(C)NCC(O)COc1ccc(Cl)cc1N.Cl.Cl. The first-order valence-electron chi connectivity index (χ1n) is 5.89. The number of nitrogens with one attached hydrogen (secondary N) is 1. The molecule has 1 rings (SSSR count). The van der Waals surface area contributed by atoms with Crippen molar-refractivity contribution in [2.75, 3.05) is 18.9 Å². The van der Waals surface area contributed by atoms with E-state index in [0.717, 1.165) is 0 Å². The number of halogens is 3. The van der Waals surface area contributed by atoms with Crippen LogP contribution in [0.3, 0.4) is 0 Å². The van der Waals surface area contributed by atoms with Crippen LogP contribution in [0.2, 0.25) is 5.02 Å². The van der Waals surface area contributed by atoms with E-state index in [4.69, 9.17) is 22.1 Å². The zero-order valence-corrected chi connectivity index (χ0v) is 14.2. The minimum absolute atomic E-state index is 0. The number of ether oxygens (including phenoxy) is 1. The normalized spacial score (nSPS) is 12.1. The molecule has 7 heteroatoms. The molecular weight excluding hydrogens is 323 g/mol. The number of hydrogen-bond donors (Lipinski definition) is 3. The van der Waals surface area contributed by atoms with E-state index in [1.165, 1.54) is 0 Å². The molecule has 0 amide bonds. The molecule has 0 aliphatic carbocycles. The molecule has 0 bridgehead atoms. The summed E-state index contributed by atoms with van der Waals surface area (Å²) in [5.74, 6) is 0.536. The van der Waals surface area contributed by atoms with Gasteiger partial charge < -0.3 is 20.9 Å². The molecule has 0 fully saturated rings. The molecule has 1 aromatic carbocycles. The molecule has 118 valence electrons. The minimum Gasteiger partial charge on any atom is -0.489 e. The van der Waals surface area contributed by atoms with Gasteiger partial charge in [-0.05, 0) is 39.0 Å². The summed E-state index contributed by atoms with van der Waals surface area (Å²) in [5, 5.41) is 13.5. The molecule has 0 saturated heterocycles. The first-order valence-corrected chi connectivity index (χ1v) is 6.26. The Morgan fingerprint density at radius 3 is 2.45 bits per heavy atom. The summed E-state index contributed by atoms with van der Waals surface area (Å²) < 4.78 is 5.45. The lowest BCUT2D eigenvalue weighted by Gasteiger charge is -2.23. The van der Waals surface area contributed by atoms with Gasteiger partial charge in [0.25, 0.3) is 0 Å². The third-order valence-corrected chi connectivity index (χ3v) is 2.51. The number of aliphatic hydroxyl groups excluding tert-OH is 1. The van der Waals surface area contributed by atoms with Crippen LogP contribution in [0.5, 0.6) is 5.75 Å². The minimum atomic E-state index is -0.584. The van der Waals surface area contributed by atoms with Crippen LogP contribution in [0, 0.1) is 0 Å². The molecule has 0 radical (unpaired) electrons. The highest BCUT2D eigenvalue weighted by molar-refractivity contribution is 6.30. The Bertz CT molecular complexity index is 398. The summed E-state index contributed by atoms with van der Waals surface area (Å²) in [6.45, 7) is 6.78. The number of hydrogen-bond acceptors (Lipinski definition) is 4. The molecule has 20 heavy (non-hydrogen) atoms. The molecule has 0 heterocycles. The van der Waals surface area contributed by atoms with Crippen molar-refractivity contribution in [3.8, 4) is 5.75 Å². The zero-order chi connectivity index (χ0) is 13.8. The fourth-order valence-electron chi connectivity index (χ4n) is 1.32. The van der Waals surface area contributed by atoms with Gasteiger partial charge in [0, 0.05) is 17.1 Å². The molecule has 0 aromatic heterocycles. The van der Waals surface area contributed by atoms with E-state index < -0.39 is 6.10 Å². The summed E-state index contributed by atoms with van der Waals surface area (Å²) in [5.41, 5.74) is 6.19. The van der Waals surface area contributed by atoms with Gasteiger partial charge in [-0.25, -0.2) is 0 Å². The van der Waals surface area contributed by atoms with Gasteiger partial charge in [-0.3, -0.25) is 0 Å². The Morgan fingerprint density at radius 1 is 1.35 bits per heavy atom. The maximum atomic E-state index is 9.76. The van der Waals surface area contributed by atoms with Crippen molar-refractivity contribution in [2.24, 2.45) is 0 Å². The highest BCUT2D eigenvalue weighted by atomic mass is 35.5. The molecule has 0 aliphatic heterocycles. The number of nitrogens with two attached hydrogens (primary N) is 1. The van der Waals surface area contributed by atoms with Gasteiger partial charge in [-0.2, -0.15) is 0 Å². The molecule has 0 spiro atoms. The Balaban J connectivity index is 0. The van der Waals surface area contributed by atoms with E-state index in [1.807, 2.05) is 20.8 Å². The van der Waals surface area contributed by atoms with Gasteiger partial charge >= 0.3 is 0 Å². The third-order valence-electron chi connectivity index (χ3n) is 2.27. The van der Waals surface area contributed by atoms with Crippen LogP contribution < -0.4 is 15.8 Å². The first-order chi connectivity index (χ1) is 8.28. The van der Waals surface area contributed by atoms with Crippen LogP contribution in [0.15, 0.2) is 18.2 Å². The van der Waals surface area contributed by atoms with E-state index in [9.17, 15) is 5.11 Å². The van der Waals surface area contributed by atoms with Crippen molar-refractivity contribution in [2.45, 2.75) is 32.4 Å². The molecule has 1 aromatic rings. The predicted octanol–water partition coefficient (Wildman–Crippen LogP) is 2.89. The molecule has 0 aliphatic rings. The van der Waals surface area contributed by atoms with Gasteiger partial charge in [0.05, 0.1) is 5.69 Å². The van der Waals surface area contributed by atoms with Crippen molar-refractivity contribution in [3.63, 3.8) is 0 Å². The van der Waals surface area contributed by atoms with Crippen LogP contribution in [0.25, 0.3) is 0 Å². The van der Waals surface area contributed by atoms with E-state index in [1.54, 1.807) is 18.2 Å².